The van der Waals surface area contributed by atoms with Gasteiger partial charge in [-0.25, -0.2) is 4.79 Å². The summed E-state index contributed by atoms with van der Waals surface area (Å²) >= 11 is 0. The third kappa shape index (κ3) is 3.53. The molecule has 3 saturated heterocycles. The zero-order valence-electron chi connectivity index (χ0n) is 17.1. The van der Waals surface area contributed by atoms with E-state index < -0.39 is 5.54 Å². The second kappa shape index (κ2) is 8.01. The van der Waals surface area contributed by atoms with Crippen LogP contribution >= 0.6 is 0 Å². The van der Waals surface area contributed by atoms with Crippen molar-refractivity contribution in [3.05, 3.63) is 0 Å². The number of carbonyl (C=O) groups is 3. The molecule has 0 radical (unpaired) electrons. The number of hydrogen-bond acceptors (Lipinski definition) is 4. The summed E-state index contributed by atoms with van der Waals surface area (Å²) in [5, 5.41) is 3.04. The zero-order chi connectivity index (χ0) is 19.7. The van der Waals surface area contributed by atoms with Gasteiger partial charge in [-0.3, -0.25) is 14.5 Å². The Bertz CT molecular complexity index is 623. The number of amides is 4. The lowest BCUT2D eigenvalue weighted by molar-refractivity contribution is -0.141. The monoisotopic (exact) mass is 390 g/mol. The highest BCUT2D eigenvalue weighted by molar-refractivity contribution is 6.07. The number of rotatable bonds is 4. The molecule has 156 valence electrons. The van der Waals surface area contributed by atoms with Crippen LogP contribution in [0, 0.1) is 5.92 Å². The Morgan fingerprint density at radius 3 is 2.46 bits per heavy atom. The van der Waals surface area contributed by atoms with Crippen molar-refractivity contribution in [1.82, 2.24) is 20.0 Å². The SMILES string of the molecule is CCCN1CCC2(CC1)NC(=O)N([C@@H]1CCCN(C(=O)C3CCCC3)C1)C2=O. The summed E-state index contributed by atoms with van der Waals surface area (Å²) in [4.78, 5) is 44.7. The molecule has 4 fully saturated rings. The van der Waals surface area contributed by atoms with E-state index in [2.05, 4.69) is 17.1 Å². The van der Waals surface area contributed by atoms with Gasteiger partial charge in [0.05, 0.1) is 6.04 Å². The minimum absolute atomic E-state index is 0.0613. The van der Waals surface area contributed by atoms with Crippen molar-refractivity contribution in [2.24, 2.45) is 5.92 Å². The van der Waals surface area contributed by atoms with Gasteiger partial charge in [0, 0.05) is 32.1 Å². The number of imide groups is 1. The van der Waals surface area contributed by atoms with Crippen LogP contribution in [0.1, 0.15) is 64.7 Å². The van der Waals surface area contributed by atoms with E-state index in [9.17, 15) is 14.4 Å². The van der Waals surface area contributed by atoms with Crippen molar-refractivity contribution >= 4 is 17.8 Å². The Morgan fingerprint density at radius 2 is 1.79 bits per heavy atom. The minimum Gasteiger partial charge on any atom is -0.340 e. The molecule has 0 aromatic heterocycles. The van der Waals surface area contributed by atoms with Crippen LogP contribution in [0.4, 0.5) is 4.79 Å². The second-order valence-electron chi connectivity index (χ2n) is 9.09. The second-order valence-corrected chi connectivity index (χ2v) is 9.09. The van der Waals surface area contributed by atoms with E-state index in [-0.39, 0.29) is 29.8 Å². The largest absolute Gasteiger partial charge is 0.340 e. The van der Waals surface area contributed by atoms with Gasteiger partial charge >= 0.3 is 6.03 Å². The fourth-order valence-corrected chi connectivity index (χ4v) is 5.58. The Balaban J connectivity index is 1.41. The number of nitrogens with zero attached hydrogens (tertiary/aromatic N) is 3. The molecule has 0 bridgehead atoms. The van der Waals surface area contributed by atoms with Gasteiger partial charge in [-0.1, -0.05) is 19.8 Å². The first-order valence-corrected chi connectivity index (χ1v) is 11.2. The van der Waals surface area contributed by atoms with Gasteiger partial charge in [0.25, 0.3) is 5.91 Å². The van der Waals surface area contributed by atoms with E-state index in [1.807, 2.05) is 4.90 Å². The van der Waals surface area contributed by atoms with Crippen LogP contribution in [-0.2, 0) is 9.59 Å². The molecular formula is C21H34N4O3. The van der Waals surface area contributed by atoms with Crippen LogP contribution < -0.4 is 5.32 Å². The Morgan fingerprint density at radius 1 is 1.07 bits per heavy atom. The normalized spacial score (nSPS) is 29.0. The first-order chi connectivity index (χ1) is 13.5. The predicted octanol–water partition coefficient (Wildman–Crippen LogP) is 1.96. The average Bonchev–Trinajstić information content (AvgIpc) is 3.31. The highest BCUT2D eigenvalue weighted by Gasteiger charge is 2.54. The van der Waals surface area contributed by atoms with Crippen molar-refractivity contribution in [3.8, 4) is 0 Å². The van der Waals surface area contributed by atoms with Gasteiger partial charge in [-0.15, -0.1) is 0 Å². The van der Waals surface area contributed by atoms with Gasteiger partial charge in [0.2, 0.25) is 5.91 Å². The van der Waals surface area contributed by atoms with Crippen molar-refractivity contribution in [2.75, 3.05) is 32.7 Å². The predicted molar refractivity (Wildman–Crippen MR) is 106 cm³/mol. The fraction of sp³-hybridized carbons (Fsp3) is 0.857. The molecule has 3 heterocycles. The summed E-state index contributed by atoms with van der Waals surface area (Å²) in [6, 6.07) is -0.436. The van der Waals surface area contributed by atoms with Crippen LogP contribution in [0.25, 0.3) is 0 Å². The molecule has 4 rings (SSSR count). The molecule has 3 aliphatic heterocycles. The van der Waals surface area contributed by atoms with Crippen LogP contribution in [0.15, 0.2) is 0 Å². The van der Waals surface area contributed by atoms with Gasteiger partial charge in [-0.2, -0.15) is 0 Å². The van der Waals surface area contributed by atoms with Crippen LogP contribution in [0.3, 0.4) is 0 Å². The minimum atomic E-state index is -0.723. The topological polar surface area (TPSA) is 73.0 Å². The fourth-order valence-electron chi connectivity index (χ4n) is 5.58. The summed E-state index contributed by atoms with van der Waals surface area (Å²) in [6.45, 7) is 6.17. The van der Waals surface area contributed by atoms with E-state index in [0.29, 0.717) is 19.4 Å². The summed E-state index contributed by atoms with van der Waals surface area (Å²) in [5.74, 6) is 0.321. The average molecular weight is 391 g/mol. The first-order valence-electron chi connectivity index (χ1n) is 11.2. The molecule has 28 heavy (non-hydrogen) atoms. The molecule has 1 aliphatic carbocycles. The summed E-state index contributed by atoms with van der Waals surface area (Å²) in [7, 11) is 0. The summed E-state index contributed by atoms with van der Waals surface area (Å²) in [5.41, 5.74) is -0.723. The van der Waals surface area contributed by atoms with Crippen molar-refractivity contribution in [3.63, 3.8) is 0 Å². The highest BCUT2D eigenvalue weighted by atomic mass is 16.2. The molecule has 7 heteroatoms. The summed E-state index contributed by atoms with van der Waals surface area (Å²) in [6.07, 6.45) is 8.38. The maximum absolute atomic E-state index is 13.3. The molecule has 1 saturated carbocycles. The molecule has 1 N–H and O–H groups in total. The maximum atomic E-state index is 13.3. The number of carbonyl (C=O) groups excluding carboxylic acids is 3. The number of urea groups is 1. The third-order valence-electron chi connectivity index (χ3n) is 7.22. The summed E-state index contributed by atoms with van der Waals surface area (Å²) < 4.78 is 0. The van der Waals surface area contributed by atoms with E-state index in [1.54, 1.807) is 0 Å². The molecule has 0 aromatic rings. The maximum Gasteiger partial charge on any atom is 0.325 e. The molecule has 1 spiro atoms. The van der Waals surface area contributed by atoms with Crippen molar-refractivity contribution in [1.29, 1.82) is 0 Å². The number of nitrogens with one attached hydrogen (secondary N) is 1. The lowest BCUT2D eigenvalue weighted by atomic mass is 9.87. The van der Waals surface area contributed by atoms with Crippen molar-refractivity contribution < 1.29 is 14.4 Å². The third-order valence-corrected chi connectivity index (χ3v) is 7.22. The quantitative estimate of drug-likeness (QED) is 0.745. The Labute approximate surface area is 167 Å². The zero-order valence-corrected chi connectivity index (χ0v) is 17.1. The van der Waals surface area contributed by atoms with Gasteiger partial charge in [0.1, 0.15) is 5.54 Å². The number of likely N-dealkylation sites (tertiary alicyclic amines) is 2. The van der Waals surface area contributed by atoms with E-state index in [4.69, 9.17) is 0 Å². The lowest BCUT2D eigenvalue weighted by Crippen LogP contribution is -2.56. The first kappa shape index (κ1) is 19.7. The molecule has 0 unspecified atom stereocenters. The number of hydrogen-bond donors (Lipinski definition) is 1. The molecule has 7 nitrogen and oxygen atoms in total. The molecule has 1 atom stereocenters. The molecule has 4 amide bonds. The van der Waals surface area contributed by atoms with Crippen LogP contribution in [0.5, 0.6) is 0 Å². The smallest absolute Gasteiger partial charge is 0.325 e. The van der Waals surface area contributed by atoms with E-state index in [1.165, 1.54) is 4.90 Å². The van der Waals surface area contributed by atoms with Gasteiger partial charge in [0.15, 0.2) is 0 Å². The Kier molecular flexibility index (Phi) is 5.63. The number of piperidine rings is 2. The van der Waals surface area contributed by atoms with Gasteiger partial charge in [-0.05, 0) is 51.5 Å². The molecular weight excluding hydrogens is 356 g/mol. The highest BCUT2D eigenvalue weighted by Crippen LogP contribution is 2.33. The van der Waals surface area contributed by atoms with Crippen LogP contribution in [-0.4, -0.2) is 76.8 Å². The Hall–Kier alpha value is -1.63. The van der Waals surface area contributed by atoms with Gasteiger partial charge < -0.3 is 15.1 Å². The van der Waals surface area contributed by atoms with Crippen LogP contribution in [0.2, 0.25) is 0 Å². The van der Waals surface area contributed by atoms with E-state index in [0.717, 1.165) is 71.1 Å². The standard InChI is InChI=1S/C21H34N4O3/c1-2-11-23-13-9-21(10-14-23)19(27)25(20(28)22-21)17-8-5-12-24(15-17)18(26)16-6-3-4-7-16/h16-17H,2-15H2,1H3,(H,22,28)/t17-/m1/s1. The molecule has 4 aliphatic rings. The van der Waals surface area contributed by atoms with E-state index >= 15 is 0 Å². The molecule has 0 aromatic carbocycles. The lowest BCUT2D eigenvalue weighted by Gasteiger charge is -2.39. The van der Waals surface area contributed by atoms with Crippen molar-refractivity contribution in [2.45, 2.75) is 76.3 Å².